The number of nitrogens with zero attached hydrogens (tertiary/aromatic N) is 3. The van der Waals surface area contributed by atoms with E-state index in [2.05, 4.69) is 5.10 Å². The summed E-state index contributed by atoms with van der Waals surface area (Å²) in [5, 5.41) is 3.65. The molecule has 3 heterocycles. The van der Waals surface area contributed by atoms with Crippen LogP contribution in [0.25, 0.3) is 17.0 Å². The highest BCUT2D eigenvalue weighted by molar-refractivity contribution is 6.53. The molecule has 2 aromatic heterocycles. The number of aromatic nitrogens is 3. The molecule has 0 spiro atoms. The fraction of sp³-hybridized carbons (Fsp3) is 0.172. The molecule has 0 atom stereocenters. The molecule has 186 valence electrons. The average molecular weight is 514 g/mol. The predicted molar refractivity (Wildman–Crippen MR) is 144 cm³/mol. The molecule has 0 saturated carbocycles. The van der Waals surface area contributed by atoms with Gasteiger partial charge in [-0.25, -0.2) is 9.58 Å². The molecule has 2 aromatic carbocycles. The molecule has 1 aliphatic heterocycles. The molecule has 1 aliphatic rings. The monoisotopic (exact) mass is 513 g/mol. The molecule has 1 N–H and O–H groups in total. The minimum absolute atomic E-state index is 0.0756. The lowest BCUT2D eigenvalue weighted by atomic mass is 10.0. The van der Waals surface area contributed by atoms with Crippen LogP contribution in [0.5, 0.6) is 0 Å². The summed E-state index contributed by atoms with van der Waals surface area (Å²) in [6.07, 6.45) is 4.74. The van der Waals surface area contributed by atoms with Crippen LogP contribution in [-0.4, -0.2) is 21.6 Å². The van der Waals surface area contributed by atoms with Gasteiger partial charge in [0.15, 0.2) is 12.4 Å². The van der Waals surface area contributed by atoms with Gasteiger partial charge >= 0.3 is 5.91 Å². The zero-order valence-electron chi connectivity index (χ0n) is 20.8. The maximum absolute atomic E-state index is 14.0. The van der Waals surface area contributed by atoms with Crippen molar-refractivity contribution in [1.29, 1.82) is 0 Å². The van der Waals surface area contributed by atoms with Gasteiger partial charge in [0, 0.05) is 22.3 Å². The van der Waals surface area contributed by atoms with Crippen molar-refractivity contribution in [2.24, 2.45) is 0 Å². The largest absolute Gasteiger partial charge is 0.331 e. The Morgan fingerprint density at radius 1 is 0.892 bits per heavy atom. The molecule has 0 fully saturated rings. The molecule has 8 heteroatoms. The van der Waals surface area contributed by atoms with E-state index in [-0.39, 0.29) is 16.8 Å². The number of carbonyl (C=O) groups excluding carboxylic acids is 2. The lowest BCUT2D eigenvalue weighted by Gasteiger charge is -2.14. The van der Waals surface area contributed by atoms with E-state index in [1.807, 2.05) is 39.0 Å². The Bertz CT molecular complexity index is 1630. The van der Waals surface area contributed by atoms with Crippen LogP contribution in [0.4, 0.5) is 5.69 Å². The molecule has 0 aliphatic carbocycles. The summed E-state index contributed by atoms with van der Waals surface area (Å²) in [6.45, 7) is 5.83. The number of anilines is 1. The summed E-state index contributed by atoms with van der Waals surface area (Å²) in [5.41, 5.74) is 3.47. The number of benzene rings is 2. The highest BCUT2D eigenvalue weighted by atomic mass is 35.5. The number of rotatable bonds is 6. The summed E-state index contributed by atoms with van der Waals surface area (Å²) in [6, 6.07) is 17.8. The molecule has 7 nitrogen and oxygen atoms in total. The number of imide groups is 1. The second-order valence-electron chi connectivity index (χ2n) is 9.13. The van der Waals surface area contributed by atoms with Crippen molar-refractivity contribution in [3.05, 3.63) is 111 Å². The third kappa shape index (κ3) is 4.32. The van der Waals surface area contributed by atoms with Gasteiger partial charge in [0.2, 0.25) is 0 Å². The number of aromatic amines is 1. The van der Waals surface area contributed by atoms with Crippen molar-refractivity contribution in [2.75, 3.05) is 4.90 Å². The van der Waals surface area contributed by atoms with Crippen LogP contribution in [-0.2, 0) is 16.0 Å². The van der Waals surface area contributed by atoms with E-state index in [0.29, 0.717) is 28.5 Å². The van der Waals surface area contributed by atoms with Gasteiger partial charge < -0.3 is 0 Å². The van der Waals surface area contributed by atoms with Crippen molar-refractivity contribution in [2.45, 2.75) is 33.6 Å². The number of hydrogen-bond donors (Lipinski definition) is 1. The highest BCUT2D eigenvalue weighted by Gasteiger charge is 2.48. The van der Waals surface area contributed by atoms with Crippen molar-refractivity contribution in [3.8, 4) is 5.69 Å². The second-order valence-corrected chi connectivity index (χ2v) is 9.57. The molecule has 0 saturated heterocycles. The Labute approximate surface area is 219 Å². The zero-order valence-corrected chi connectivity index (χ0v) is 21.5. The van der Waals surface area contributed by atoms with Crippen molar-refractivity contribution < 1.29 is 14.2 Å². The molecule has 2 amide bonds. The Kier molecular flexibility index (Phi) is 6.39. The smallest absolute Gasteiger partial charge is 0.294 e. The number of amides is 2. The van der Waals surface area contributed by atoms with E-state index in [9.17, 15) is 14.4 Å². The summed E-state index contributed by atoms with van der Waals surface area (Å²) in [7, 11) is 0. The fourth-order valence-corrected chi connectivity index (χ4v) is 4.80. The first-order chi connectivity index (χ1) is 17.8. The second kappa shape index (κ2) is 9.67. The highest BCUT2D eigenvalue weighted by Crippen LogP contribution is 2.34. The van der Waals surface area contributed by atoms with E-state index in [1.54, 1.807) is 59.4 Å². The minimum atomic E-state index is -0.537. The Hall–Kier alpha value is -4.23. The van der Waals surface area contributed by atoms with Crippen LogP contribution in [0.1, 0.15) is 35.7 Å². The van der Waals surface area contributed by atoms with E-state index >= 15 is 0 Å². The fourth-order valence-electron chi connectivity index (χ4n) is 4.61. The molecule has 0 bridgehead atoms. The Morgan fingerprint density at radius 3 is 2.32 bits per heavy atom. The number of aryl methyl sites for hydroxylation is 3. The first-order valence-corrected chi connectivity index (χ1v) is 12.5. The standard InChI is InChI=1S/C29H25ClN4O3/c1-4-7-23-24(28(36)34(31-23)22-10-5-9-20(30)16-22)25-26(32-15-6-8-19(3)17-32)29(37)33(27(25)35)21-13-11-18(2)12-14-21/h5-6,8-17H,4,7H2,1-3H3/p+1. The number of hydrogen-bond acceptors (Lipinski definition) is 3. The van der Waals surface area contributed by atoms with Crippen LogP contribution >= 0.6 is 11.6 Å². The van der Waals surface area contributed by atoms with Crippen LogP contribution in [0, 0.1) is 13.8 Å². The predicted octanol–water partition coefficient (Wildman–Crippen LogP) is 4.62. The van der Waals surface area contributed by atoms with Crippen LogP contribution < -0.4 is 15.0 Å². The van der Waals surface area contributed by atoms with E-state index in [4.69, 9.17) is 11.6 Å². The lowest BCUT2D eigenvalue weighted by molar-refractivity contribution is -0.577. The summed E-state index contributed by atoms with van der Waals surface area (Å²) >= 11 is 6.19. The van der Waals surface area contributed by atoms with Crippen LogP contribution in [0.3, 0.4) is 0 Å². The molecule has 5 rings (SSSR count). The number of halogens is 1. The van der Waals surface area contributed by atoms with Crippen molar-refractivity contribution in [1.82, 2.24) is 9.78 Å². The first-order valence-electron chi connectivity index (χ1n) is 12.1. The van der Waals surface area contributed by atoms with Crippen molar-refractivity contribution >= 4 is 40.4 Å². The van der Waals surface area contributed by atoms with Gasteiger partial charge in [-0.15, -0.1) is 0 Å². The zero-order chi connectivity index (χ0) is 26.3. The lowest BCUT2D eigenvalue weighted by Crippen LogP contribution is -2.39. The third-order valence-electron chi connectivity index (χ3n) is 6.34. The molecular weight excluding hydrogens is 488 g/mol. The topological polar surface area (TPSA) is 79.1 Å². The molecule has 4 aromatic rings. The van der Waals surface area contributed by atoms with E-state index < -0.39 is 17.4 Å². The molecule has 37 heavy (non-hydrogen) atoms. The average Bonchev–Trinajstić information content (AvgIpc) is 3.32. The van der Waals surface area contributed by atoms with Gasteiger partial charge in [-0.2, -0.15) is 4.57 Å². The van der Waals surface area contributed by atoms with Gasteiger partial charge in [-0.3, -0.25) is 19.5 Å². The number of carbonyl (C=O) groups is 2. The van der Waals surface area contributed by atoms with Gasteiger partial charge in [-0.05, 0) is 56.7 Å². The quantitative estimate of drug-likeness (QED) is 0.302. The normalized spacial score (nSPS) is 13.7. The van der Waals surface area contributed by atoms with Gasteiger partial charge in [0.1, 0.15) is 5.57 Å². The SMILES string of the molecule is CCCc1[nH]n(-c2cccc(Cl)c2)c(=O)c1C1=C([n+]2cccc(C)c2)C(=O)N(c2ccc(C)cc2)C1=O. The minimum Gasteiger partial charge on any atom is -0.294 e. The summed E-state index contributed by atoms with van der Waals surface area (Å²) < 4.78 is 3.01. The first kappa shape index (κ1) is 24.5. The summed E-state index contributed by atoms with van der Waals surface area (Å²) in [4.78, 5) is 43.0. The van der Waals surface area contributed by atoms with Crippen LogP contribution in [0.15, 0.2) is 77.9 Å². The third-order valence-corrected chi connectivity index (χ3v) is 6.58. The van der Waals surface area contributed by atoms with Crippen molar-refractivity contribution in [3.63, 3.8) is 0 Å². The van der Waals surface area contributed by atoms with Gasteiger partial charge in [0.05, 0.1) is 16.9 Å². The number of H-pyrrole nitrogens is 1. The maximum atomic E-state index is 14.0. The maximum Gasteiger partial charge on any atom is 0.331 e. The molecule has 0 radical (unpaired) electrons. The van der Waals surface area contributed by atoms with Crippen LogP contribution in [0.2, 0.25) is 5.02 Å². The Morgan fingerprint density at radius 2 is 1.65 bits per heavy atom. The Balaban J connectivity index is 1.79. The van der Waals surface area contributed by atoms with Gasteiger partial charge in [-0.1, -0.05) is 48.7 Å². The van der Waals surface area contributed by atoms with E-state index in [1.165, 1.54) is 4.68 Å². The summed E-state index contributed by atoms with van der Waals surface area (Å²) in [5.74, 6) is -1.03. The number of nitrogens with one attached hydrogen (secondary N) is 1. The number of pyridine rings is 1. The van der Waals surface area contributed by atoms with E-state index in [0.717, 1.165) is 22.4 Å². The molecular formula is C29H26ClN4O3+. The molecule has 0 unspecified atom stereocenters. The van der Waals surface area contributed by atoms with Gasteiger partial charge in [0.25, 0.3) is 17.2 Å².